The Bertz CT molecular complexity index is 911. The fourth-order valence-corrected chi connectivity index (χ4v) is 2.47. The molecule has 0 saturated heterocycles. The highest BCUT2D eigenvalue weighted by Gasteiger charge is 2.16. The van der Waals surface area contributed by atoms with Gasteiger partial charge >= 0.3 is 0 Å². The Balaban J connectivity index is 2.38. The van der Waals surface area contributed by atoms with Gasteiger partial charge in [-0.05, 0) is 40.2 Å². The second kappa shape index (κ2) is 4.82. The van der Waals surface area contributed by atoms with Gasteiger partial charge in [0.2, 0.25) is 5.95 Å². The summed E-state index contributed by atoms with van der Waals surface area (Å²) < 4.78 is 28.5. The predicted molar refractivity (Wildman–Crippen MR) is 77.8 cm³/mol. The molecule has 3 rings (SSSR count). The molecule has 1 aromatic heterocycles. The summed E-state index contributed by atoms with van der Waals surface area (Å²) in [5.41, 5.74) is 7.22. The van der Waals surface area contributed by atoms with Gasteiger partial charge in [0.25, 0.3) is 0 Å². The van der Waals surface area contributed by atoms with E-state index in [0.29, 0.717) is 16.7 Å². The quantitative estimate of drug-likeness (QED) is 0.731. The van der Waals surface area contributed by atoms with E-state index in [0.717, 1.165) is 6.07 Å². The third kappa shape index (κ3) is 2.14. The van der Waals surface area contributed by atoms with Gasteiger partial charge in [0.15, 0.2) is 0 Å². The summed E-state index contributed by atoms with van der Waals surface area (Å²) in [5.74, 6) is -0.900. The highest BCUT2D eigenvalue weighted by Crippen LogP contribution is 2.29. The van der Waals surface area contributed by atoms with Crippen molar-refractivity contribution in [3.63, 3.8) is 0 Å². The molecule has 0 bridgehead atoms. The summed E-state index contributed by atoms with van der Waals surface area (Å²) in [6, 6.07) is 8.43. The van der Waals surface area contributed by atoms with Gasteiger partial charge < -0.3 is 5.73 Å². The molecule has 21 heavy (non-hydrogen) atoms. The second-order valence-corrected chi connectivity index (χ2v) is 5.19. The number of nitriles is 1. The minimum absolute atomic E-state index is 0.0885. The summed E-state index contributed by atoms with van der Waals surface area (Å²) in [5, 5.41) is 9.14. The summed E-state index contributed by atoms with van der Waals surface area (Å²) in [6.07, 6.45) is 0. The maximum atomic E-state index is 13.6. The number of fused-ring (bicyclic) bond motifs is 1. The van der Waals surface area contributed by atoms with Crippen molar-refractivity contribution >= 4 is 32.9 Å². The number of nitrogens with two attached hydrogens (primary N) is 1. The molecule has 0 fully saturated rings. The van der Waals surface area contributed by atoms with E-state index >= 15 is 0 Å². The molecule has 0 aliphatic rings. The molecule has 0 aliphatic heterocycles. The third-order valence-corrected chi connectivity index (χ3v) is 3.65. The van der Waals surface area contributed by atoms with E-state index in [4.69, 9.17) is 11.0 Å². The van der Waals surface area contributed by atoms with Crippen LogP contribution in [0.2, 0.25) is 0 Å². The van der Waals surface area contributed by atoms with E-state index in [2.05, 4.69) is 20.9 Å². The lowest BCUT2D eigenvalue weighted by Crippen LogP contribution is -2.03. The van der Waals surface area contributed by atoms with E-state index in [1.807, 2.05) is 6.07 Å². The van der Waals surface area contributed by atoms with E-state index in [1.54, 1.807) is 0 Å². The first kappa shape index (κ1) is 13.5. The summed E-state index contributed by atoms with van der Waals surface area (Å²) in [6.45, 7) is 0. The largest absolute Gasteiger partial charge is 0.369 e. The zero-order valence-electron chi connectivity index (χ0n) is 10.4. The van der Waals surface area contributed by atoms with Crippen LogP contribution in [-0.4, -0.2) is 9.55 Å². The molecule has 0 aliphatic carbocycles. The molecule has 2 aromatic carbocycles. The average molecular weight is 349 g/mol. The molecule has 7 heteroatoms. The van der Waals surface area contributed by atoms with Crippen molar-refractivity contribution in [1.82, 2.24) is 9.55 Å². The van der Waals surface area contributed by atoms with Gasteiger partial charge in [-0.25, -0.2) is 13.8 Å². The van der Waals surface area contributed by atoms with Gasteiger partial charge in [0.1, 0.15) is 17.7 Å². The van der Waals surface area contributed by atoms with Crippen LogP contribution in [0.3, 0.4) is 0 Å². The van der Waals surface area contributed by atoms with Crippen LogP contribution >= 0.6 is 15.9 Å². The molecule has 2 N–H and O–H groups in total. The Labute approximate surface area is 126 Å². The molecule has 0 spiro atoms. The van der Waals surface area contributed by atoms with E-state index < -0.39 is 11.6 Å². The van der Waals surface area contributed by atoms with Gasteiger partial charge in [0, 0.05) is 6.07 Å². The van der Waals surface area contributed by atoms with Crippen molar-refractivity contribution in [1.29, 1.82) is 5.26 Å². The number of nitrogens with zero attached hydrogens (tertiary/aromatic N) is 3. The highest BCUT2D eigenvalue weighted by atomic mass is 79.9. The number of imidazole rings is 1. The van der Waals surface area contributed by atoms with Gasteiger partial charge in [0.05, 0.1) is 26.8 Å². The Kier molecular flexibility index (Phi) is 3.11. The van der Waals surface area contributed by atoms with Gasteiger partial charge in [-0.15, -0.1) is 0 Å². The number of anilines is 1. The second-order valence-electron chi connectivity index (χ2n) is 4.33. The topological polar surface area (TPSA) is 67.6 Å². The Morgan fingerprint density at radius 1 is 1.24 bits per heavy atom. The fourth-order valence-electron chi connectivity index (χ4n) is 2.14. The van der Waals surface area contributed by atoms with Gasteiger partial charge in [-0.3, -0.25) is 4.57 Å². The first-order valence-corrected chi connectivity index (χ1v) is 6.63. The lowest BCUT2D eigenvalue weighted by atomic mass is 10.2. The molecular formula is C14H7BrF2N4. The third-order valence-electron chi connectivity index (χ3n) is 3.04. The number of nitrogen functional groups attached to an aromatic ring is 1. The molecule has 4 nitrogen and oxygen atoms in total. The molecule has 1 heterocycles. The standard InChI is InChI=1S/C14H7BrF2N4/c15-9-4-13-11(5-10(9)17)20-14(19)21(13)12-2-1-8(16)3-7(12)6-18/h1-5H,(H2,19,20). The molecular weight excluding hydrogens is 342 g/mol. The number of benzene rings is 2. The van der Waals surface area contributed by atoms with Crippen LogP contribution in [0, 0.1) is 23.0 Å². The monoisotopic (exact) mass is 348 g/mol. The van der Waals surface area contributed by atoms with Crippen molar-refractivity contribution < 1.29 is 8.78 Å². The first-order chi connectivity index (χ1) is 10.0. The van der Waals surface area contributed by atoms with Crippen LogP contribution < -0.4 is 5.73 Å². The summed E-state index contributed by atoms with van der Waals surface area (Å²) >= 11 is 3.10. The molecule has 0 unspecified atom stereocenters. The number of halogens is 3. The van der Waals surface area contributed by atoms with Crippen molar-refractivity contribution in [2.45, 2.75) is 0 Å². The Hall–Kier alpha value is -2.46. The predicted octanol–water partition coefficient (Wildman–Crippen LogP) is 3.52. The molecule has 0 saturated carbocycles. The number of aromatic nitrogens is 2. The van der Waals surface area contributed by atoms with Crippen LogP contribution in [0.5, 0.6) is 0 Å². The maximum absolute atomic E-state index is 13.6. The van der Waals surface area contributed by atoms with Crippen molar-refractivity contribution in [3.05, 3.63) is 52.0 Å². The van der Waals surface area contributed by atoms with Crippen LogP contribution in [0.25, 0.3) is 16.7 Å². The van der Waals surface area contributed by atoms with Gasteiger partial charge in [-0.2, -0.15) is 5.26 Å². The lowest BCUT2D eigenvalue weighted by molar-refractivity contribution is 0.623. The highest BCUT2D eigenvalue weighted by molar-refractivity contribution is 9.10. The summed E-state index contributed by atoms with van der Waals surface area (Å²) in [4.78, 5) is 4.07. The molecule has 0 radical (unpaired) electrons. The van der Waals surface area contributed by atoms with Crippen LogP contribution in [0.4, 0.5) is 14.7 Å². The van der Waals surface area contributed by atoms with Crippen molar-refractivity contribution in [2.24, 2.45) is 0 Å². The minimum atomic E-state index is -0.523. The smallest absolute Gasteiger partial charge is 0.205 e. The first-order valence-electron chi connectivity index (χ1n) is 5.84. The lowest BCUT2D eigenvalue weighted by Gasteiger charge is -2.09. The molecule has 0 atom stereocenters. The van der Waals surface area contributed by atoms with Crippen LogP contribution in [-0.2, 0) is 0 Å². The Morgan fingerprint density at radius 2 is 2.00 bits per heavy atom. The molecule has 104 valence electrons. The van der Waals surface area contributed by atoms with Crippen molar-refractivity contribution in [3.8, 4) is 11.8 Å². The van der Waals surface area contributed by atoms with E-state index in [-0.39, 0.29) is 16.0 Å². The van der Waals surface area contributed by atoms with Crippen molar-refractivity contribution in [2.75, 3.05) is 5.73 Å². The molecule has 3 aromatic rings. The van der Waals surface area contributed by atoms with Crippen LogP contribution in [0.15, 0.2) is 34.8 Å². The molecule has 0 amide bonds. The zero-order chi connectivity index (χ0) is 15.1. The SMILES string of the molecule is N#Cc1cc(F)ccc1-n1c(N)nc2cc(F)c(Br)cc21. The van der Waals surface area contributed by atoms with E-state index in [9.17, 15) is 8.78 Å². The minimum Gasteiger partial charge on any atom is -0.369 e. The number of hydrogen-bond acceptors (Lipinski definition) is 3. The van der Waals surface area contributed by atoms with Crippen LogP contribution in [0.1, 0.15) is 5.56 Å². The van der Waals surface area contributed by atoms with E-state index in [1.165, 1.54) is 28.8 Å². The number of rotatable bonds is 1. The Morgan fingerprint density at radius 3 is 2.71 bits per heavy atom. The zero-order valence-corrected chi connectivity index (χ0v) is 12.0. The number of hydrogen-bond donors (Lipinski definition) is 1. The fraction of sp³-hybridized carbons (Fsp3) is 0. The maximum Gasteiger partial charge on any atom is 0.205 e. The normalized spacial score (nSPS) is 10.8. The average Bonchev–Trinajstić information content (AvgIpc) is 2.75. The summed E-state index contributed by atoms with van der Waals surface area (Å²) in [7, 11) is 0. The van der Waals surface area contributed by atoms with Gasteiger partial charge in [-0.1, -0.05) is 0 Å².